The van der Waals surface area contributed by atoms with Crippen LogP contribution in [0.3, 0.4) is 0 Å². The number of anilines is 1. The topological polar surface area (TPSA) is 131 Å². The van der Waals surface area contributed by atoms with E-state index in [0.29, 0.717) is 35.1 Å². The van der Waals surface area contributed by atoms with Crippen molar-refractivity contribution in [2.24, 2.45) is 0 Å². The van der Waals surface area contributed by atoms with Crippen molar-refractivity contribution in [3.63, 3.8) is 0 Å². The highest BCUT2D eigenvalue weighted by atomic mass is 16.4. The molecule has 0 radical (unpaired) electrons. The lowest BCUT2D eigenvalue weighted by atomic mass is 9.80. The van der Waals surface area contributed by atoms with Gasteiger partial charge in [0.25, 0.3) is 0 Å². The largest absolute Gasteiger partial charge is 0.478 e. The molecule has 2 aliphatic heterocycles. The fourth-order valence-corrected chi connectivity index (χ4v) is 5.22. The van der Waals surface area contributed by atoms with Gasteiger partial charge in [0.2, 0.25) is 0 Å². The number of carboxylic acids is 2. The molecule has 2 aliphatic rings. The summed E-state index contributed by atoms with van der Waals surface area (Å²) < 4.78 is 0. The van der Waals surface area contributed by atoms with Crippen molar-refractivity contribution in [1.29, 1.82) is 0 Å². The summed E-state index contributed by atoms with van der Waals surface area (Å²) in [6, 6.07) is 16.7. The Morgan fingerprint density at radius 3 is 2.23 bits per heavy atom. The molecule has 9 heteroatoms. The van der Waals surface area contributed by atoms with Crippen LogP contribution in [0.25, 0.3) is 0 Å². The Morgan fingerprint density at radius 1 is 0.949 bits per heavy atom. The molecule has 0 saturated carbocycles. The smallest absolute Gasteiger partial charge is 0.334 e. The van der Waals surface area contributed by atoms with Crippen LogP contribution >= 0.6 is 0 Å². The average Bonchev–Trinajstić information content (AvgIpc) is 2.91. The summed E-state index contributed by atoms with van der Waals surface area (Å²) in [6.07, 6.45) is 6.20. The number of urea groups is 1. The van der Waals surface area contributed by atoms with E-state index in [1.165, 1.54) is 5.56 Å². The molecule has 9 nitrogen and oxygen atoms in total. The van der Waals surface area contributed by atoms with E-state index in [4.69, 9.17) is 0 Å². The van der Waals surface area contributed by atoms with Crippen molar-refractivity contribution < 1.29 is 24.6 Å². The summed E-state index contributed by atoms with van der Waals surface area (Å²) in [5.74, 6) is -2.95. The number of nitrogens with one attached hydrogen (secondary N) is 3. The van der Waals surface area contributed by atoms with Crippen LogP contribution in [0.15, 0.2) is 89.4 Å². The van der Waals surface area contributed by atoms with Crippen molar-refractivity contribution in [2.75, 3.05) is 25.0 Å². The van der Waals surface area contributed by atoms with Gasteiger partial charge in [-0.3, -0.25) is 0 Å². The lowest BCUT2D eigenvalue weighted by molar-refractivity contribution is -0.133. The van der Waals surface area contributed by atoms with Crippen LogP contribution in [0.5, 0.6) is 0 Å². The van der Waals surface area contributed by atoms with Gasteiger partial charge in [-0.25, -0.2) is 14.4 Å². The van der Waals surface area contributed by atoms with Crippen molar-refractivity contribution in [2.45, 2.75) is 38.5 Å². The second-order valence-corrected chi connectivity index (χ2v) is 9.79. The minimum atomic E-state index is -1.20. The van der Waals surface area contributed by atoms with Crippen molar-refractivity contribution in [1.82, 2.24) is 15.5 Å². The molecule has 0 fully saturated rings. The summed E-state index contributed by atoms with van der Waals surface area (Å²) in [5, 5.41) is 28.1. The van der Waals surface area contributed by atoms with Crippen molar-refractivity contribution in [3.05, 3.63) is 101 Å². The summed E-state index contributed by atoms with van der Waals surface area (Å²) >= 11 is 0. The predicted octanol–water partition coefficient (Wildman–Crippen LogP) is 4.61. The Morgan fingerprint density at radius 2 is 1.62 bits per heavy atom. The van der Waals surface area contributed by atoms with Crippen LogP contribution in [0.4, 0.5) is 10.5 Å². The maximum absolute atomic E-state index is 12.5. The van der Waals surface area contributed by atoms with E-state index < -0.39 is 17.9 Å². The van der Waals surface area contributed by atoms with E-state index in [-0.39, 0.29) is 17.2 Å². The first kappa shape index (κ1) is 27.5. The molecule has 204 valence electrons. The Labute approximate surface area is 227 Å². The molecule has 1 atom stereocenters. The Balaban J connectivity index is 1.32. The van der Waals surface area contributed by atoms with E-state index in [0.717, 1.165) is 25.9 Å². The lowest BCUT2D eigenvalue weighted by Crippen LogP contribution is -2.32. The van der Waals surface area contributed by atoms with E-state index >= 15 is 0 Å². The van der Waals surface area contributed by atoms with E-state index in [1.54, 1.807) is 38.1 Å². The third kappa shape index (κ3) is 6.67. The second-order valence-electron chi connectivity index (χ2n) is 9.79. The van der Waals surface area contributed by atoms with Crippen LogP contribution in [-0.4, -0.2) is 52.7 Å². The van der Waals surface area contributed by atoms with E-state index in [9.17, 15) is 24.6 Å². The molecule has 0 saturated heterocycles. The molecule has 2 heterocycles. The maximum atomic E-state index is 12.5. The van der Waals surface area contributed by atoms with Gasteiger partial charge >= 0.3 is 18.0 Å². The fraction of sp³-hybridized carbons (Fsp3) is 0.300. The zero-order chi connectivity index (χ0) is 27.9. The van der Waals surface area contributed by atoms with Crippen LogP contribution in [-0.2, 0) is 9.59 Å². The molecule has 1 unspecified atom stereocenters. The fourth-order valence-electron chi connectivity index (χ4n) is 5.22. The number of nitrogens with zero attached hydrogens (tertiary/aromatic N) is 1. The van der Waals surface area contributed by atoms with Crippen molar-refractivity contribution >= 4 is 23.7 Å². The summed E-state index contributed by atoms with van der Waals surface area (Å²) in [4.78, 5) is 38.8. The minimum Gasteiger partial charge on any atom is -0.478 e. The molecule has 2 amide bonds. The number of allylic oxidation sites excluding steroid dienone is 3. The van der Waals surface area contributed by atoms with Gasteiger partial charge in [-0.2, -0.15) is 0 Å². The third-order valence-electron chi connectivity index (χ3n) is 7.09. The molecule has 0 spiro atoms. The maximum Gasteiger partial charge on any atom is 0.334 e. The minimum absolute atomic E-state index is 0.0403. The number of rotatable bonds is 9. The first-order valence-corrected chi connectivity index (χ1v) is 13.0. The third-order valence-corrected chi connectivity index (χ3v) is 7.09. The number of aliphatic carboxylic acids is 2. The molecule has 2 aromatic rings. The highest BCUT2D eigenvalue weighted by molar-refractivity contribution is 5.98. The van der Waals surface area contributed by atoms with Crippen LogP contribution in [0, 0.1) is 0 Å². The molecule has 0 aromatic heterocycles. The summed E-state index contributed by atoms with van der Waals surface area (Å²) in [6.45, 7) is 5.49. The number of hydrogen-bond acceptors (Lipinski definition) is 5. The average molecular weight is 531 g/mol. The Bertz CT molecular complexity index is 1300. The quantitative estimate of drug-likeness (QED) is 0.299. The zero-order valence-corrected chi connectivity index (χ0v) is 22.1. The van der Waals surface area contributed by atoms with Crippen LogP contribution < -0.4 is 16.0 Å². The number of carboxylic acid groups (broad SMARTS) is 2. The number of benzene rings is 2. The number of carbonyl (C=O) groups is 3. The highest BCUT2D eigenvalue weighted by Crippen LogP contribution is 2.39. The molecule has 5 N–H and O–H groups in total. The second kappa shape index (κ2) is 12.3. The highest BCUT2D eigenvalue weighted by Gasteiger charge is 2.36. The molecule has 2 aromatic carbocycles. The summed E-state index contributed by atoms with van der Waals surface area (Å²) in [5.41, 5.74) is 2.91. The van der Waals surface area contributed by atoms with E-state index in [1.807, 2.05) is 6.07 Å². The molecular formula is C30H34N4O5. The number of hydrogen-bond donors (Lipinski definition) is 5. The van der Waals surface area contributed by atoms with E-state index in [2.05, 4.69) is 57.4 Å². The van der Waals surface area contributed by atoms with Gasteiger partial charge in [0.05, 0.1) is 17.1 Å². The van der Waals surface area contributed by atoms with Crippen molar-refractivity contribution in [3.8, 4) is 0 Å². The van der Waals surface area contributed by atoms with Gasteiger partial charge in [0, 0.05) is 42.6 Å². The lowest BCUT2D eigenvalue weighted by Gasteiger charge is -2.29. The van der Waals surface area contributed by atoms with Gasteiger partial charge in [-0.05, 0) is 56.1 Å². The van der Waals surface area contributed by atoms with Gasteiger partial charge in [0.1, 0.15) is 0 Å². The van der Waals surface area contributed by atoms with Crippen LogP contribution in [0.1, 0.15) is 49.7 Å². The van der Waals surface area contributed by atoms with Crippen LogP contribution in [0.2, 0.25) is 0 Å². The van der Waals surface area contributed by atoms with Gasteiger partial charge in [0.15, 0.2) is 0 Å². The first-order valence-electron chi connectivity index (χ1n) is 13.0. The Kier molecular flexibility index (Phi) is 8.70. The van der Waals surface area contributed by atoms with Gasteiger partial charge in [-0.15, -0.1) is 0 Å². The monoisotopic (exact) mass is 530 g/mol. The van der Waals surface area contributed by atoms with Gasteiger partial charge < -0.3 is 31.1 Å². The SMILES string of the molecule is CC1=C(C(=O)O)C(c2cccc(NC(=O)NCCCN3C=CC(c4ccccc4)CC3)c2)C(C(=O)O)=C(C)N1. The number of carbonyl (C=O) groups excluding carboxylic acids is 1. The first-order chi connectivity index (χ1) is 18.7. The van der Waals surface area contributed by atoms with Gasteiger partial charge in [-0.1, -0.05) is 48.5 Å². The number of amides is 2. The zero-order valence-electron chi connectivity index (χ0n) is 22.1. The molecule has 4 rings (SSSR count). The molecule has 0 bridgehead atoms. The predicted molar refractivity (Wildman–Crippen MR) is 149 cm³/mol. The standard InChI is InChI=1S/C30H34N4O5/c1-19-25(28(35)36)27(26(29(37)38)20(2)32-19)23-10-6-11-24(18-23)33-30(39)31-14-7-15-34-16-12-22(13-17-34)21-8-4-3-5-9-21/h3-6,8-12,16,18,22,27,32H,7,13-15,17H2,1-2H3,(H,35,36)(H,37,38)(H2,31,33,39). The molecule has 39 heavy (non-hydrogen) atoms. The molecular weight excluding hydrogens is 496 g/mol. The summed E-state index contributed by atoms with van der Waals surface area (Å²) in [7, 11) is 0. The molecule has 0 aliphatic carbocycles. The normalized spacial score (nSPS) is 17.6. The number of dihydropyridines is 1. The Hall–Kier alpha value is -4.53.